The SMILES string of the molecule is NNC(CC1CC2CCC1C2)c1c(F)ccc(Br)c1F. The molecule has 5 heteroatoms. The van der Waals surface area contributed by atoms with E-state index in [0.29, 0.717) is 18.3 Å². The van der Waals surface area contributed by atoms with E-state index in [2.05, 4.69) is 21.4 Å². The molecule has 0 heterocycles. The first-order valence-corrected chi connectivity index (χ1v) is 7.99. The van der Waals surface area contributed by atoms with E-state index in [1.54, 1.807) is 0 Å². The lowest BCUT2D eigenvalue weighted by Crippen LogP contribution is -2.32. The van der Waals surface area contributed by atoms with Gasteiger partial charge in [-0.3, -0.25) is 11.3 Å². The van der Waals surface area contributed by atoms with E-state index in [9.17, 15) is 8.78 Å². The van der Waals surface area contributed by atoms with E-state index < -0.39 is 17.7 Å². The highest BCUT2D eigenvalue weighted by Gasteiger charge is 2.40. The summed E-state index contributed by atoms with van der Waals surface area (Å²) in [4.78, 5) is 0. The minimum Gasteiger partial charge on any atom is -0.271 e. The minimum atomic E-state index is -0.545. The Hall–Kier alpha value is -0.520. The molecular weight excluding hydrogens is 326 g/mol. The molecule has 2 aliphatic carbocycles. The largest absolute Gasteiger partial charge is 0.271 e. The van der Waals surface area contributed by atoms with Crippen molar-refractivity contribution in [3.8, 4) is 0 Å². The summed E-state index contributed by atoms with van der Waals surface area (Å²) in [5.74, 6) is 6.57. The summed E-state index contributed by atoms with van der Waals surface area (Å²) in [5, 5.41) is 0. The molecule has 3 N–H and O–H groups in total. The maximum atomic E-state index is 14.2. The molecular formula is C15H19BrF2N2. The van der Waals surface area contributed by atoms with Crippen molar-refractivity contribution in [3.05, 3.63) is 33.8 Å². The first-order valence-electron chi connectivity index (χ1n) is 7.19. The van der Waals surface area contributed by atoms with Crippen LogP contribution in [-0.2, 0) is 0 Å². The Kier molecular flexibility index (Phi) is 4.11. The fourth-order valence-electron chi connectivity index (χ4n) is 4.10. The first kappa shape index (κ1) is 14.4. The summed E-state index contributed by atoms with van der Waals surface area (Å²) >= 11 is 3.11. The number of hydrogen-bond acceptors (Lipinski definition) is 2. The third kappa shape index (κ3) is 2.51. The number of rotatable bonds is 4. The second-order valence-electron chi connectivity index (χ2n) is 6.15. The monoisotopic (exact) mass is 344 g/mol. The van der Waals surface area contributed by atoms with Crippen molar-refractivity contribution in [2.75, 3.05) is 0 Å². The van der Waals surface area contributed by atoms with Crippen LogP contribution in [0.2, 0.25) is 0 Å². The van der Waals surface area contributed by atoms with Gasteiger partial charge >= 0.3 is 0 Å². The fraction of sp³-hybridized carbons (Fsp3) is 0.600. The smallest absolute Gasteiger partial charge is 0.145 e. The summed E-state index contributed by atoms with van der Waals surface area (Å²) in [7, 11) is 0. The standard InChI is InChI=1S/C15H19BrF2N2/c16-11-3-4-12(17)14(15(11)18)13(20-19)7-10-6-8-1-2-9(10)5-8/h3-4,8-10,13,20H,1-2,5-7,19H2. The van der Waals surface area contributed by atoms with Gasteiger partial charge < -0.3 is 0 Å². The maximum absolute atomic E-state index is 14.2. The number of nitrogens with one attached hydrogen (secondary N) is 1. The Labute approximate surface area is 126 Å². The Morgan fingerprint density at radius 2 is 2.10 bits per heavy atom. The van der Waals surface area contributed by atoms with Gasteiger partial charge in [0.1, 0.15) is 11.6 Å². The maximum Gasteiger partial charge on any atom is 0.145 e. The molecule has 0 aliphatic heterocycles. The number of halogens is 3. The van der Waals surface area contributed by atoms with E-state index in [1.807, 2.05) is 0 Å². The molecule has 2 saturated carbocycles. The lowest BCUT2D eigenvalue weighted by atomic mass is 9.83. The van der Waals surface area contributed by atoms with Gasteiger partial charge in [0, 0.05) is 5.56 Å². The molecule has 2 aliphatic rings. The zero-order chi connectivity index (χ0) is 14.3. The van der Waals surface area contributed by atoms with Gasteiger partial charge in [-0.05, 0) is 71.5 Å². The Bertz CT molecular complexity index is 509. The van der Waals surface area contributed by atoms with Crippen molar-refractivity contribution >= 4 is 15.9 Å². The van der Waals surface area contributed by atoms with Gasteiger partial charge in [-0.2, -0.15) is 0 Å². The molecule has 1 aromatic rings. The van der Waals surface area contributed by atoms with E-state index in [0.717, 1.165) is 5.92 Å². The van der Waals surface area contributed by atoms with Gasteiger partial charge in [-0.25, -0.2) is 8.78 Å². The molecule has 0 aromatic heterocycles. The van der Waals surface area contributed by atoms with Crippen LogP contribution in [0.4, 0.5) is 8.78 Å². The predicted molar refractivity (Wildman–Crippen MR) is 77.7 cm³/mol. The Balaban J connectivity index is 1.82. The summed E-state index contributed by atoms with van der Waals surface area (Å²) in [6, 6.07) is 2.21. The number of fused-ring (bicyclic) bond motifs is 2. The zero-order valence-electron chi connectivity index (χ0n) is 11.2. The number of nitrogens with two attached hydrogens (primary N) is 1. The third-order valence-corrected chi connectivity index (χ3v) is 5.66. The molecule has 2 nitrogen and oxygen atoms in total. The Morgan fingerprint density at radius 3 is 2.70 bits per heavy atom. The quantitative estimate of drug-likeness (QED) is 0.491. The van der Waals surface area contributed by atoms with Gasteiger partial charge in [0.2, 0.25) is 0 Å². The van der Waals surface area contributed by atoms with Crippen LogP contribution in [0.25, 0.3) is 0 Å². The molecule has 4 atom stereocenters. The van der Waals surface area contributed by atoms with E-state index >= 15 is 0 Å². The number of hydrazine groups is 1. The van der Waals surface area contributed by atoms with Crippen molar-refractivity contribution in [3.63, 3.8) is 0 Å². The van der Waals surface area contributed by atoms with E-state index in [-0.39, 0.29) is 10.0 Å². The van der Waals surface area contributed by atoms with Crippen molar-refractivity contribution in [2.24, 2.45) is 23.6 Å². The van der Waals surface area contributed by atoms with Crippen LogP contribution >= 0.6 is 15.9 Å². The lowest BCUT2D eigenvalue weighted by Gasteiger charge is -2.27. The number of hydrogen-bond donors (Lipinski definition) is 2. The van der Waals surface area contributed by atoms with Crippen molar-refractivity contribution < 1.29 is 8.78 Å². The van der Waals surface area contributed by atoms with Crippen molar-refractivity contribution in [1.29, 1.82) is 0 Å². The highest BCUT2D eigenvalue weighted by molar-refractivity contribution is 9.10. The minimum absolute atomic E-state index is 0.0599. The second-order valence-corrected chi connectivity index (χ2v) is 7.00. The van der Waals surface area contributed by atoms with Gasteiger partial charge in [-0.1, -0.05) is 6.42 Å². The molecule has 2 fully saturated rings. The van der Waals surface area contributed by atoms with E-state index in [1.165, 1.54) is 37.8 Å². The molecule has 0 radical (unpaired) electrons. The second kappa shape index (κ2) is 5.70. The molecule has 3 rings (SSSR count). The zero-order valence-corrected chi connectivity index (χ0v) is 12.8. The average molecular weight is 345 g/mol. The average Bonchev–Trinajstić information content (AvgIpc) is 3.04. The molecule has 0 spiro atoms. The van der Waals surface area contributed by atoms with Crippen LogP contribution < -0.4 is 11.3 Å². The van der Waals surface area contributed by atoms with Gasteiger partial charge in [0.15, 0.2) is 0 Å². The molecule has 0 amide bonds. The predicted octanol–water partition coefficient (Wildman–Crippen LogP) is 4.06. The molecule has 1 aromatic carbocycles. The van der Waals surface area contributed by atoms with E-state index in [4.69, 9.17) is 5.84 Å². The van der Waals surface area contributed by atoms with Gasteiger partial charge in [0.25, 0.3) is 0 Å². The fourth-order valence-corrected chi connectivity index (χ4v) is 4.45. The Morgan fingerprint density at radius 1 is 1.30 bits per heavy atom. The summed E-state index contributed by atoms with van der Waals surface area (Å²) in [6.45, 7) is 0. The highest BCUT2D eigenvalue weighted by atomic mass is 79.9. The summed E-state index contributed by atoms with van der Waals surface area (Å²) in [5.41, 5.74) is 2.67. The van der Waals surface area contributed by atoms with Crippen molar-refractivity contribution in [2.45, 2.75) is 38.1 Å². The van der Waals surface area contributed by atoms with Gasteiger partial charge in [-0.15, -0.1) is 0 Å². The van der Waals surface area contributed by atoms with Crippen LogP contribution in [0.1, 0.15) is 43.7 Å². The van der Waals surface area contributed by atoms with Crippen LogP contribution in [0.3, 0.4) is 0 Å². The van der Waals surface area contributed by atoms with Crippen molar-refractivity contribution in [1.82, 2.24) is 5.43 Å². The molecule has 0 saturated heterocycles. The summed E-state index contributed by atoms with van der Waals surface area (Å²) in [6.07, 6.45) is 5.75. The number of benzene rings is 1. The van der Waals surface area contributed by atoms with Crippen LogP contribution in [0.5, 0.6) is 0 Å². The molecule has 2 bridgehead atoms. The van der Waals surface area contributed by atoms with Crippen LogP contribution in [0, 0.1) is 29.4 Å². The third-order valence-electron chi connectivity index (χ3n) is 5.05. The van der Waals surface area contributed by atoms with Crippen LogP contribution in [-0.4, -0.2) is 0 Å². The first-order chi connectivity index (χ1) is 9.60. The highest BCUT2D eigenvalue weighted by Crippen LogP contribution is 2.51. The molecule has 20 heavy (non-hydrogen) atoms. The summed E-state index contributed by atoms with van der Waals surface area (Å²) < 4.78 is 28.4. The molecule has 110 valence electrons. The van der Waals surface area contributed by atoms with Crippen LogP contribution in [0.15, 0.2) is 16.6 Å². The normalized spacial score (nSPS) is 29.9. The lowest BCUT2D eigenvalue weighted by molar-refractivity contribution is 0.274. The topological polar surface area (TPSA) is 38.0 Å². The molecule has 4 unspecified atom stereocenters. The van der Waals surface area contributed by atoms with Gasteiger partial charge in [0.05, 0.1) is 10.5 Å².